The Kier molecular flexibility index (Phi) is 5.63. The number of hydrogen-bond acceptors (Lipinski definition) is 4. The Morgan fingerprint density at radius 2 is 2.16 bits per heavy atom. The lowest BCUT2D eigenvalue weighted by atomic mass is 10.1. The fourth-order valence-corrected chi connectivity index (χ4v) is 1.75. The number of rotatable bonds is 6. The first-order valence-electron chi connectivity index (χ1n) is 6.33. The highest BCUT2D eigenvalue weighted by atomic mass is 16.5. The molecule has 106 valence electrons. The van der Waals surface area contributed by atoms with E-state index >= 15 is 0 Å². The van der Waals surface area contributed by atoms with E-state index in [1.807, 2.05) is 21.0 Å². The molecule has 0 radical (unpaired) electrons. The van der Waals surface area contributed by atoms with E-state index in [9.17, 15) is 4.79 Å². The van der Waals surface area contributed by atoms with E-state index in [0.29, 0.717) is 17.0 Å². The average molecular weight is 265 g/mol. The summed E-state index contributed by atoms with van der Waals surface area (Å²) in [5, 5.41) is 2.94. The van der Waals surface area contributed by atoms with Crippen molar-refractivity contribution in [2.24, 2.45) is 0 Å². The van der Waals surface area contributed by atoms with Crippen LogP contribution in [0.15, 0.2) is 18.2 Å². The van der Waals surface area contributed by atoms with Crippen molar-refractivity contribution in [2.45, 2.75) is 19.4 Å². The first-order chi connectivity index (χ1) is 8.95. The Balaban J connectivity index is 2.68. The highest BCUT2D eigenvalue weighted by molar-refractivity contribution is 6.00. The Labute approximate surface area is 114 Å². The minimum atomic E-state index is -0.164. The number of nitrogens with zero attached hydrogens (tertiary/aromatic N) is 1. The molecule has 1 rings (SSSR count). The van der Waals surface area contributed by atoms with E-state index in [2.05, 4.69) is 10.2 Å². The third kappa shape index (κ3) is 4.44. The molecule has 0 spiro atoms. The van der Waals surface area contributed by atoms with Gasteiger partial charge in [-0.25, -0.2) is 0 Å². The highest BCUT2D eigenvalue weighted by Crippen LogP contribution is 2.24. The van der Waals surface area contributed by atoms with E-state index in [1.54, 1.807) is 18.2 Å². The molecule has 19 heavy (non-hydrogen) atoms. The topological polar surface area (TPSA) is 67.6 Å². The van der Waals surface area contributed by atoms with Crippen molar-refractivity contribution in [3.8, 4) is 5.75 Å². The summed E-state index contributed by atoms with van der Waals surface area (Å²) in [5.41, 5.74) is 6.73. The van der Waals surface area contributed by atoms with Gasteiger partial charge in [0.1, 0.15) is 5.75 Å². The molecule has 5 heteroatoms. The zero-order chi connectivity index (χ0) is 14.4. The third-order valence-corrected chi connectivity index (χ3v) is 2.92. The van der Waals surface area contributed by atoms with E-state index in [0.717, 1.165) is 13.0 Å². The minimum absolute atomic E-state index is 0.0977. The second-order valence-corrected chi connectivity index (χ2v) is 4.89. The molecule has 1 aromatic rings. The summed E-state index contributed by atoms with van der Waals surface area (Å²) in [7, 11) is 5.55. The average Bonchev–Trinajstić information content (AvgIpc) is 2.36. The largest absolute Gasteiger partial charge is 0.495 e. The standard InChI is InChI=1S/C14H23N3O2/c1-10(8-9-17(2)3)16-14(18)11-6-5-7-12(19-4)13(11)15/h5-7,10H,8-9,15H2,1-4H3,(H,16,18). The van der Waals surface area contributed by atoms with Crippen molar-refractivity contribution >= 4 is 11.6 Å². The van der Waals surface area contributed by atoms with Crippen LogP contribution in [0.1, 0.15) is 23.7 Å². The smallest absolute Gasteiger partial charge is 0.253 e. The molecule has 1 aromatic carbocycles. The molecular weight excluding hydrogens is 242 g/mol. The first-order valence-corrected chi connectivity index (χ1v) is 6.33. The molecule has 0 saturated carbocycles. The molecular formula is C14H23N3O2. The van der Waals surface area contributed by atoms with Gasteiger partial charge >= 0.3 is 0 Å². The van der Waals surface area contributed by atoms with Gasteiger partial charge < -0.3 is 20.7 Å². The number of anilines is 1. The van der Waals surface area contributed by atoms with Gasteiger partial charge in [-0.15, -0.1) is 0 Å². The van der Waals surface area contributed by atoms with Gasteiger partial charge in [0.2, 0.25) is 0 Å². The van der Waals surface area contributed by atoms with Crippen molar-refractivity contribution in [2.75, 3.05) is 33.5 Å². The van der Waals surface area contributed by atoms with Gasteiger partial charge in [-0.05, 0) is 46.1 Å². The van der Waals surface area contributed by atoms with Crippen LogP contribution in [0.25, 0.3) is 0 Å². The molecule has 0 aliphatic rings. The molecule has 0 saturated heterocycles. The fourth-order valence-electron chi connectivity index (χ4n) is 1.75. The van der Waals surface area contributed by atoms with Crippen molar-refractivity contribution in [1.29, 1.82) is 0 Å². The predicted molar refractivity (Wildman–Crippen MR) is 77.5 cm³/mol. The maximum atomic E-state index is 12.1. The quantitative estimate of drug-likeness (QED) is 0.762. The van der Waals surface area contributed by atoms with E-state index in [1.165, 1.54) is 7.11 Å². The van der Waals surface area contributed by atoms with Gasteiger partial charge in [-0.2, -0.15) is 0 Å². The molecule has 0 fully saturated rings. The number of carbonyl (C=O) groups is 1. The maximum Gasteiger partial charge on any atom is 0.253 e. The third-order valence-electron chi connectivity index (χ3n) is 2.92. The summed E-state index contributed by atoms with van der Waals surface area (Å²) in [6.45, 7) is 2.91. The van der Waals surface area contributed by atoms with Gasteiger partial charge in [0.25, 0.3) is 5.91 Å². The number of nitrogens with one attached hydrogen (secondary N) is 1. The molecule has 0 bridgehead atoms. The first kappa shape index (κ1) is 15.3. The summed E-state index contributed by atoms with van der Waals surface area (Å²) < 4.78 is 5.11. The monoisotopic (exact) mass is 265 g/mol. The van der Waals surface area contributed by atoms with Crippen LogP contribution < -0.4 is 15.8 Å². The van der Waals surface area contributed by atoms with E-state index in [-0.39, 0.29) is 11.9 Å². The molecule has 0 aliphatic heterocycles. The van der Waals surface area contributed by atoms with Crippen LogP contribution in [-0.4, -0.2) is 44.6 Å². The molecule has 1 atom stereocenters. The van der Waals surface area contributed by atoms with Crippen LogP contribution >= 0.6 is 0 Å². The van der Waals surface area contributed by atoms with Crippen molar-refractivity contribution < 1.29 is 9.53 Å². The number of nitrogens with two attached hydrogens (primary N) is 1. The van der Waals surface area contributed by atoms with Crippen LogP contribution in [0.5, 0.6) is 5.75 Å². The molecule has 5 nitrogen and oxygen atoms in total. The van der Waals surface area contributed by atoms with Crippen molar-refractivity contribution in [1.82, 2.24) is 10.2 Å². The number of methoxy groups -OCH3 is 1. The highest BCUT2D eigenvalue weighted by Gasteiger charge is 2.15. The Hall–Kier alpha value is -1.75. The van der Waals surface area contributed by atoms with Gasteiger partial charge in [-0.1, -0.05) is 6.07 Å². The zero-order valence-corrected chi connectivity index (χ0v) is 12.1. The van der Waals surface area contributed by atoms with Crippen LogP contribution in [-0.2, 0) is 0 Å². The number of carbonyl (C=O) groups excluding carboxylic acids is 1. The van der Waals surface area contributed by atoms with Crippen LogP contribution in [0.2, 0.25) is 0 Å². The lowest BCUT2D eigenvalue weighted by molar-refractivity contribution is 0.0937. The van der Waals surface area contributed by atoms with Gasteiger partial charge in [0, 0.05) is 6.04 Å². The Morgan fingerprint density at radius 3 is 2.74 bits per heavy atom. The van der Waals surface area contributed by atoms with Gasteiger partial charge in [-0.3, -0.25) is 4.79 Å². The number of benzene rings is 1. The minimum Gasteiger partial charge on any atom is -0.495 e. The second kappa shape index (κ2) is 6.99. The molecule has 0 aliphatic carbocycles. The number of hydrogen-bond donors (Lipinski definition) is 2. The summed E-state index contributed by atoms with van der Waals surface area (Å²) >= 11 is 0. The normalized spacial score (nSPS) is 12.3. The summed E-state index contributed by atoms with van der Waals surface area (Å²) in [6.07, 6.45) is 0.891. The van der Waals surface area contributed by atoms with Crippen LogP contribution in [0.4, 0.5) is 5.69 Å². The summed E-state index contributed by atoms with van der Waals surface area (Å²) in [4.78, 5) is 14.2. The zero-order valence-electron chi connectivity index (χ0n) is 12.1. The van der Waals surface area contributed by atoms with E-state index < -0.39 is 0 Å². The number of para-hydroxylation sites is 1. The van der Waals surface area contributed by atoms with Crippen LogP contribution in [0, 0.1) is 0 Å². The molecule has 0 heterocycles. The second-order valence-electron chi connectivity index (χ2n) is 4.89. The summed E-state index contributed by atoms with van der Waals surface area (Å²) in [5.74, 6) is 0.358. The molecule has 1 amide bonds. The Morgan fingerprint density at radius 1 is 1.47 bits per heavy atom. The Bertz CT molecular complexity index is 433. The number of ether oxygens (including phenoxy) is 1. The van der Waals surface area contributed by atoms with Gasteiger partial charge in [0.05, 0.1) is 18.4 Å². The maximum absolute atomic E-state index is 12.1. The van der Waals surface area contributed by atoms with Crippen molar-refractivity contribution in [3.05, 3.63) is 23.8 Å². The van der Waals surface area contributed by atoms with Crippen molar-refractivity contribution in [3.63, 3.8) is 0 Å². The molecule has 3 N–H and O–H groups in total. The lowest BCUT2D eigenvalue weighted by Crippen LogP contribution is -2.35. The van der Waals surface area contributed by atoms with E-state index in [4.69, 9.17) is 10.5 Å². The lowest BCUT2D eigenvalue weighted by Gasteiger charge is -2.17. The predicted octanol–water partition coefficient (Wildman–Crippen LogP) is 1.35. The summed E-state index contributed by atoms with van der Waals surface area (Å²) in [6, 6.07) is 5.29. The van der Waals surface area contributed by atoms with Gasteiger partial charge in [0.15, 0.2) is 0 Å². The van der Waals surface area contributed by atoms with Crippen LogP contribution in [0.3, 0.4) is 0 Å². The molecule has 0 aromatic heterocycles. The SMILES string of the molecule is COc1cccc(C(=O)NC(C)CCN(C)C)c1N. The fraction of sp³-hybridized carbons (Fsp3) is 0.500. The number of amides is 1. The number of nitrogen functional groups attached to an aromatic ring is 1. The molecule has 1 unspecified atom stereocenters.